The molecule has 0 bridgehead atoms. The molecule has 0 unspecified atom stereocenters. The van der Waals surface area contributed by atoms with Crippen LogP contribution in [0.25, 0.3) is 0 Å². The van der Waals surface area contributed by atoms with Gasteiger partial charge >= 0.3 is 12.0 Å². The van der Waals surface area contributed by atoms with E-state index in [-0.39, 0.29) is 30.4 Å². The Kier molecular flexibility index (Phi) is 5.92. The summed E-state index contributed by atoms with van der Waals surface area (Å²) in [7, 11) is 0. The Bertz CT molecular complexity index is 626. The number of hydrogen-bond acceptors (Lipinski definition) is 4. The molecule has 1 aromatic carbocycles. The van der Waals surface area contributed by atoms with Crippen LogP contribution in [0.3, 0.4) is 0 Å². The Morgan fingerprint density at radius 2 is 2.00 bits per heavy atom. The number of likely N-dealkylation sites (N-methyl/N-ethyl adjacent to an activating group) is 1. The van der Waals surface area contributed by atoms with Gasteiger partial charge in [-0.1, -0.05) is 19.1 Å². The first-order chi connectivity index (χ1) is 11.4. The lowest BCUT2D eigenvalue weighted by atomic mass is 9.85. The molecule has 2 rings (SSSR count). The van der Waals surface area contributed by atoms with E-state index in [0.717, 1.165) is 12.8 Å². The van der Waals surface area contributed by atoms with Gasteiger partial charge in [0.15, 0.2) is 5.78 Å². The van der Waals surface area contributed by atoms with Gasteiger partial charge in [-0.05, 0) is 38.4 Å². The zero-order valence-electron chi connectivity index (χ0n) is 13.9. The number of rotatable bonds is 7. The van der Waals surface area contributed by atoms with Crippen molar-refractivity contribution in [3.05, 3.63) is 29.8 Å². The first-order valence-corrected chi connectivity index (χ1v) is 8.03. The summed E-state index contributed by atoms with van der Waals surface area (Å²) in [5, 5.41) is 14.5. The van der Waals surface area contributed by atoms with E-state index >= 15 is 0 Å². The third-order valence-electron chi connectivity index (χ3n) is 4.24. The molecule has 1 saturated carbocycles. The lowest BCUT2D eigenvalue weighted by Crippen LogP contribution is -2.55. The molecule has 3 N–H and O–H groups in total. The minimum Gasteiger partial charge on any atom is -0.480 e. The molecule has 1 aliphatic rings. The highest BCUT2D eigenvalue weighted by Gasteiger charge is 2.34. The highest BCUT2D eigenvalue weighted by molar-refractivity contribution is 5.96. The first kappa shape index (κ1) is 17.9. The summed E-state index contributed by atoms with van der Waals surface area (Å²) in [5.74, 6) is -0.893. The number of amides is 2. The minimum atomic E-state index is -0.837. The van der Waals surface area contributed by atoms with Crippen molar-refractivity contribution in [1.29, 1.82) is 0 Å². The fourth-order valence-corrected chi connectivity index (χ4v) is 2.85. The van der Waals surface area contributed by atoms with Crippen LogP contribution >= 0.6 is 0 Å². The van der Waals surface area contributed by atoms with Crippen molar-refractivity contribution >= 4 is 23.5 Å². The quantitative estimate of drug-likeness (QED) is 0.662. The van der Waals surface area contributed by atoms with E-state index in [1.54, 1.807) is 24.3 Å². The van der Waals surface area contributed by atoms with Gasteiger partial charge in [0.1, 0.15) is 0 Å². The molecular weight excluding hydrogens is 310 g/mol. The van der Waals surface area contributed by atoms with E-state index in [9.17, 15) is 14.4 Å². The largest absolute Gasteiger partial charge is 0.480 e. The van der Waals surface area contributed by atoms with E-state index in [1.165, 1.54) is 6.92 Å². The molecule has 0 saturated heterocycles. The van der Waals surface area contributed by atoms with E-state index in [2.05, 4.69) is 10.6 Å². The summed E-state index contributed by atoms with van der Waals surface area (Å²) >= 11 is 0. The molecule has 0 spiro atoms. The second-order valence-corrected chi connectivity index (χ2v) is 6.01. The monoisotopic (exact) mass is 333 g/mol. The van der Waals surface area contributed by atoms with Crippen molar-refractivity contribution in [3.63, 3.8) is 0 Å². The average Bonchev–Trinajstić information content (AvgIpc) is 2.48. The number of urea groups is 1. The standard InChI is InChI=1S/C17H23N3O4/c1-3-20(10-16(22)23)15-8-14(9-15)19-17(24)18-13-6-4-5-12(7-13)11(2)21/h4-7,14-15H,3,8-10H2,1-2H3,(H,22,23)(H2,18,19,24). The molecule has 0 heterocycles. The van der Waals surface area contributed by atoms with Gasteiger partial charge in [0.05, 0.1) is 6.54 Å². The predicted octanol–water partition coefficient (Wildman–Crippen LogP) is 1.95. The molecule has 7 nitrogen and oxygen atoms in total. The highest BCUT2D eigenvalue weighted by atomic mass is 16.4. The van der Waals surface area contributed by atoms with Gasteiger partial charge < -0.3 is 15.7 Å². The van der Waals surface area contributed by atoms with Crippen LogP contribution in [0.1, 0.15) is 37.0 Å². The van der Waals surface area contributed by atoms with E-state index in [0.29, 0.717) is 17.8 Å². The fourth-order valence-electron chi connectivity index (χ4n) is 2.85. The summed E-state index contributed by atoms with van der Waals surface area (Å²) in [5.41, 5.74) is 1.11. The lowest BCUT2D eigenvalue weighted by molar-refractivity contribution is -0.139. The van der Waals surface area contributed by atoms with Crippen LogP contribution in [0.2, 0.25) is 0 Å². The van der Waals surface area contributed by atoms with Crippen LogP contribution in [-0.2, 0) is 4.79 Å². The van der Waals surface area contributed by atoms with E-state index in [4.69, 9.17) is 5.11 Å². The number of carbonyl (C=O) groups is 3. The third-order valence-corrected chi connectivity index (χ3v) is 4.24. The highest BCUT2D eigenvalue weighted by Crippen LogP contribution is 2.25. The molecule has 0 atom stereocenters. The smallest absolute Gasteiger partial charge is 0.319 e. The Hall–Kier alpha value is -2.41. The normalized spacial score (nSPS) is 19.5. The summed E-state index contributed by atoms with van der Waals surface area (Å²) in [4.78, 5) is 36.1. The molecule has 0 radical (unpaired) electrons. The molecule has 1 aromatic rings. The molecule has 0 aromatic heterocycles. The number of carbonyl (C=O) groups excluding carboxylic acids is 2. The zero-order valence-corrected chi connectivity index (χ0v) is 13.9. The summed E-state index contributed by atoms with van der Waals surface area (Å²) < 4.78 is 0. The molecule has 7 heteroatoms. The Morgan fingerprint density at radius 1 is 1.29 bits per heavy atom. The van der Waals surface area contributed by atoms with Crippen molar-refractivity contribution < 1.29 is 19.5 Å². The molecule has 130 valence electrons. The maximum Gasteiger partial charge on any atom is 0.319 e. The number of carboxylic acid groups (broad SMARTS) is 1. The molecule has 1 fully saturated rings. The maximum absolute atomic E-state index is 12.0. The third kappa shape index (κ3) is 4.79. The van der Waals surface area contributed by atoms with Crippen molar-refractivity contribution in [2.24, 2.45) is 0 Å². The van der Waals surface area contributed by atoms with Gasteiger partial charge in [-0.2, -0.15) is 0 Å². The van der Waals surface area contributed by atoms with Gasteiger partial charge in [0.25, 0.3) is 0 Å². The zero-order chi connectivity index (χ0) is 17.7. The van der Waals surface area contributed by atoms with Crippen LogP contribution in [0.15, 0.2) is 24.3 Å². The Balaban J connectivity index is 1.79. The van der Waals surface area contributed by atoms with E-state index < -0.39 is 5.97 Å². The lowest BCUT2D eigenvalue weighted by Gasteiger charge is -2.42. The van der Waals surface area contributed by atoms with Crippen molar-refractivity contribution in [2.45, 2.75) is 38.8 Å². The van der Waals surface area contributed by atoms with Gasteiger partial charge in [0.2, 0.25) is 0 Å². The summed E-state index contributed by atoms with van der Waals surface area (Å²) in [6.45, 7) is 4.11. The number of Topliss-reactive ketones (excluding diaryl/α,β-unsaturated/α-hetero) is 1. The number of benzene rings is 1. The van der Waals surface area contributed by atoms with Crippen molar-refractivity contribution in [3.8, 4) is 0 Å². The minimum absolute atomic E-state index is 0.0257. The number of carboxylic acids is 1. The van der Waals surface area contributed by atoms with Crippen LogP contribution in [-0.4, -0.2) is 53.0 Å². The van der Waals surface area contributed by atoms with Gasteiger partial charge in [-0.15, -0.1) is 0 Å². The van der Waals surface area contributed by atoms with Crippen LogP contribution in [0.5, 0.6) is 0 Å². The Morgan fingerprint density at radius 3 is 2.58 bits per heavy atom. The van der Waals surface area contributed by atoms with Gasteiger partial charge in [0, 0.05) is 23.3 Å². The number of ketones is 1. The second kappa shape index (κ2) is 7.92. The molecular formula is C17H23N3O4. The maximum atomic E-state index is 12.0. The van der Waals surface area contributed by atoms with E-state index in [1.807, 2.05) is 11.8 Å². The van der Waals surface area contributed by atoms with Crippen LogP contribution in [0.4, 0.5) is 10.5 Å². The first-order valence-electron chi connectivity index (χ1n) is 8.03. The van der Waals surface area contributed by atoms with Crippen LogP contribution in [0, 0.1) is 0 Å². The van der Waals surface area contributed by atoms with Crippen molar-refractivity contribution in [1.82, 2.24) is 10.2 Å². The van der Waals surface area contributed by atoms with Crippen molar-refractivity contribution in [2.75, 3.05) is 18.4 Å². The predicted molar refractivity (Wildman–Crippen MR) is 90.3 cm³/mol. The summed E-state index contributed by atoms with van der Waals surface area (Å²) in [6, 6.07) is 6.69. The Labute approximate surface area is 141 Å². The van der Waals surface area contributed by atoms with Crippen LogP contribution < -0.4 is 10.6 Å². The fraction of sp³-hybridized carbons (Fsp3) is 0.471. The number of hydrogen-bond donors (Lipinski definition) is 3. The summed E-state index contributed by atoms with van der Waals surface area (Å²) in [6.07, 6.45) is 1.48. The topological polar surface area (TPSA) is 98.7 Å². The molecule has 24 heavy (non-hydrogen) atoms. The molecule has 0 aliphatic heterocycles. The second-order valence-electron chi connectivity index (χ2n) is 6.01. The molecule has 2 amide bonds. The number of aliphatic carboxylic acids is 1. The average molecular weight is 333 g/mol. The van der Waals surface area contributed by atoms with Gasteiger partial charge in [-0.25, -0.2) is 4.79 Å². The SMILES string of the molecule is CCN(CC(=O)O)C1CC(NC(=O)Nc2cccc(C(C)=O)c2)C1. The number of nitrogens with one attached hydrogen (secondary N) is 2. The molecule has 1 aliphatic carbocycles. The number of anilines is 1. The van der Waals surface area contributed by atoms with Gasteiger partial charge in [-0.3, -0.25) is 14.5 Å². The number of nitrogens with zero attached hydrogens (tertiary/aromatic N) is 1.